The third-order valence-electron chi connectivity index (χ3n) is 4.43. The van der Waals surface area contributed by atoms with E-state index in [0.717, 1.165) is 30.0 Å². The third kappa shape index (κ3) is 2.87. The highest BCUT2D eigenvalue weighted by Gasteiger charge is 2.26. The van der Waals surface area contributed by atoms with Crippen LogP contribution in [0.3, 0.4) is 0 Å². The van der Waals surface area contributed by atoms with Crippen molar-refractivity contribution in [1.82, 2.24) is 24.6 Å². The molecule has 1 aliphatic heterocycles. The van der Waals surface area contributed by atoms with Gasteiger partial charge in [0.15, 0.2) is 5.69 Å². The number of thiophene rings is 1. The molecule has 4 heterocycles. The monoisotopic (exact) mass is 341 g/mol. The molecule has 1 N–H and O–H groups in total. The first-order valence-electron chi connectivity index (χ1n) is 8.09. The van der Waals surface area contributed by atoms with Gasteiger partial charge in [-0.15, -0.1) is 11.3 Å². The highest BCUT2D eigenvalue weighted by Crippen LogP contribution is 2.27. The summed E-state index contributed by atoms with van der Waals surface area (Å²) in [5.41, 5.74) is 1.39. The average Bonchev–Trinajstić information content (AvgIpc) is 3.35. The Morgan fingerprint density at radius 3 is 3.08 bits per heavy atom. The molecule has 0 unspecified atom stereocenters. The van der Waals surface area contributed by atoms with E-state index < -0.39 is 0 Å². The molecule has 1 amide bonds. The van der Waals surface area contributed by atoms with Gasteiger partial charge in [-0.05, 0) is 38.0 Å². The Hall–Kier alpha value is -2.41. The van der Waals surface area contributed by atoms with E-state index in [1.807, 2.05) is 23.5 Å². The topological polar surface area (TPSA) is 66.8 Å². The van der Waals surface area contributed by atoms with Gasteiger partial charge in [0.25, 0.3) is 5.91 Å². The zero-order chi connectivity index (χ0) is 16.5. The van der Waals surface area contributed by atoms with Crippen LogP contribution in [-0.4, -0.2) is 43.6 Å². The van der Waals surface area contributed by atoms with Gasteiger partial charge < -0.3 is 9.47 Å². The molecule has 1 atom stereocenters. The third-order valence-corrected chi connectivity index (χ3v) is 5.47. The predicted molar refractivity (Wildman–Crippen MR) is 93.0 cm³/mol. The van der Waals surface area contributed by atoms with Crippen LogP contribution < -0.4 is 0 Å². The van der Waals surface area contributed by atoms with Crippen LogP contribution in [-0.2, 0) is 0 Å². The minimum Gasteiger partial charge on any atom is -0.335 e. The number of aryl methyl sites for hydroxylation is 1. The van der Waals surface area contributed by atoms with Gasteiger partial charge >= 0.3 is 0 Å². The van der Waals surface area contributed by atoms with Crippen molar-refractivity contribution in [2.45, 2.75) is 25.8 Å². The first kappa shape index (κ1) is 15.1. The Labute approximate surface area is 144 Å². The van der Waals surface area contributed by atoms with E-state index in [2.05, 4.69) is 38.8 Å². The standard InChI is InChI=1S/C17H19N5OS/c1-12-4-5-16(24-12)14-9-15(20-19-14)17(23)21-7-2-3-13(10-21)22-8-6-18-11-22/h4-6,8-9,11,13H,2-3,7,10H2,1H3,(H,19,20)/t13-/m1/s1. The number of imidazole rings is 1. The molecule has 0 saturated carbocycles. The van der Waals surface area contributed by atoms with Gasteiger partial charge in [-0.2, -0.15) is 5.10 Å². The van der Waals surface area contributed by atoms with Gasteiger partial charge in [-0.3, -0.25) is 9.89 Å². The molecule has 7 heteroatoms. The van der Waals surface area contributed by atoms with Crippen LogP contribution in [0.4, 0.5) is 0 Å². The van der Waals surface area contributed by atoms with E-state index in [9.17, 15) is 4.79 Å². The predicted octanol–water partition coefficient (Wildman–Crippen LogP) is 3.12. The summed E-state index contributed by atoms with van der Waals surface area (Å²) < 4.78 is 2.09. The van der Waals surface area contributed by atoms with Crippen LogP contribution in [0.1, 0.15) is 34.2 Å². The number of carbonyl (C=O) groups excluding carboxylic acids is 1. The van der Waals surface area contributed by atoms with E-state index in [1.165, 1.54) is 4.88 Å². The molecule has 0 aromatic carbocycles. The lowest BCUT2D eigenvalue weighted by Crippen LogP contribution is -2.40. The Bertz CT molecular complexity index is 835. The van der Waals surface area contributed by atoms with Crippen molar-refractivity contribution in [1.29, 1.82) is 0 Å². The van der Waals surface area contributed by atoms with Gasteiger partial charge in [0.05, 0.1) is 22.9 Å². The first-order chi connectivity index (χ1) is 11.7. The summed E-state index contributed by atoms with van der Waals surface area (Å²) in [4.78, 5) is 21.1. The number of nitrogens with zero attached hydrogens (tertiary/aromatic N) is 4. The van der Waals surface area contributed by atoms with Crippen LogP contribution in [0.2, 0.25) is 0 Å². The molecule has 0 aliphatic carbocycles. The average molecular weight is 341 g/mol. The second kappa shape index (κ2) is 6.24. The molecule has 6 nitrogen and oxygen atoms in total. The number of rotatable bonds is 3. The molecule has 0 spiro atoms. The maximum atomic E-state index is 12.8. The maximum Gasteiger partial charge on any atom is 0.274 e. The zero-order valence-corrected chi connectivity index (χ0v) is 14.3. The quantitative estimate of drug-likeness (QED) is 0.796. The minimum atomic E-state index is -0.00408. The summed E-state index contributed by atoms with van der Waals surface area (Å²) in [7, 11) is 0. The SMILES string of the molecule is Cc1ccc(-c2cc(C(=O)N3CCC[C@@H](n4ccnc4)C3)n[nH]2)s1. The van der Waals surface area contributed by atoms with E-state index in [1.54, 1.807) is 17.5 Å². The lowest BCUT2D eigenvalue weighted by molar-refractivity contribution is 0.0673. The number of aromatic amines is 1. The number of H-pyrrole nitrogens is 1. The first-order valence-corrected chi connectivity index (χ1v) is 8.91. The molecule has 4 rings (SSSR count). The van der Waals surface area contributed by atoms with Gasteiger partial charge in [0.2, 0.25) is 0 Å². The second-order valence-corrected chi connectivity index (χ2v) is 7.42. The number of nitrogens with one attached hydrogen (secondary N) is 1. The van der Waals surface area contributed by atoms with Crippen molar-refractivity contribution in [2.75, 3.05) is 13.1 Å². The molecule has 0 radical (unpaired) electrons. The molecular weight excluding hydrogens is 322 g/mol. The lowest BCUT2D eigenvalue weighted by atomic mass is 10.1. The van der Waals surface area contributed by atoms with Gasteiger partial charge in [0.1, 0.15) is 0 Å². The van der Waals surface area contributed by atoms with Gasteiger partial charge in [-0.25, -0.2) is 4.98 Å². The fourth-order valence-corrected chi connectivity index (χ4v) is 4.00. The van der Waals surface area contributed by atoms with Crippen molar-refractivity contribution >= 4 is 17.2 Å². The zero-order valence-electron chi connectivity index (χ0n) is 13.5. The van der Waals surface area contributed by atoms with Crippen molar-refractivity contribution in [2.24, 2.45) is 0 Å². The van der Waals surface area contributed by atoms with Crippen molar-refractivity contribution < 1.29 is 4.79 Å². The Kier molecular flexibility index (Phi) is 3.93. The molecule has 24 heavy (non-hydrogen) atoms. The highest BCUT2D eigenvalue weighted by atomic mass is 32.1. The van der Waals surface area contributed by atoms with Gasteiger partial charge in [-0.1, -0.05) is 0 Å². The normalized spacial score (nSPS) is 18.0. The summed E-state index contributed by atoms with van der Waals surface area (Å²) in [5.74, 6) is -0.00408. The number of likely N-dealkylation sites (tertiary alicyclic amines) is 1. The van der Waals surface area contributed by atoms with E-state index >= 15 is 0 Å². The van der Waals surface area contributed by atoms with Crippen LogP contribution in [0, 0.1) is 6.92 Å². The molecular formula is C17H19N5OS. The molecule has 0 bridgehead atoms. The number of amides is 1. The fraction of sp³-hybridized carbons (Fsp3) is 0.353. The van der Waals surface area contributed by atoms with Crippen molar-refractivity contribution in [3.63, 3.8) is 0 Å². The van der Waals surface area contributed by atoms with Crippen LogP contribution >= 0.6 is 11.3 Å². The van der Waals surface area contributed by atoms with Crippen LogP contribution in [0.15, 0.2) is 36.9 Å². The summed E-state index contributed by atoms with van der Waals surface area (Å²) in [5, 5.41) is 7.23. The number of hydrogen-bond acceptors (Lipinski definition) is 4. The van der Waals surface area contributed by atoms with Gasteiger partial charge in [0, 0.05) is 30.4 Å². The Balaban J connectivity index is 1.50. The minimum absolute atomic E-state index is 0.00408. The number of carbonyl (C=O) groups is 1. The van der Waals surface area contributed by atoms with Crippen molar-refractivity contribution in [3.05, 3.63) is 47.5 Å². The summed E-state index contributed by atoms with van der Waals surface area (Å²) in [6.07, 6.45) is 7.63. The van der Waals surface area contributed by atoms with Crippen LogP contribution in [0.5, 0.6) is 0 Å². The smallest absolute Gasteiger partial charge is 0.274 e. The maximum absolute atomic E-state index is 12.8. The van der Waals surface area contributed by atoms with E-state index in [-0.39, 0.29) is 5.91 Å². The molecule has 1 aliphatic rings. The Morgan fingerprint density at radius 1 is 1.42 bits per heavy atom. The van der Waals surface area contributed by atoms with Crippen molar-refractivity contribution in [3.8, 4) is 10.6 Å². The molecule has 1 fully saturated rings. The second-order valence-electron chi connectivity index (χ2n) is 6.13. The number of hydrogen-bond donors (Lipinski definition) is 1. The lowest BCUT2D eigenvalue weighted by Gasteiger charge is -2.32. The number of aromatic nitrogens is 4. The van der Waals surface area contributed by atoms with Crippen LogP contribution in [0.25, 0.3) is 10.6 Å². The molecule has 3 aromatic rings. The summed E-state index contributed by atoms with van der Waals surface area (Å²) in [6, 6.07) is 6.28. The molecule has 124 valence electrons. The highest BCUT2D eigenvalue weighted by molar-refractivity contribution is 7.15. The fourth-order valence-electron chi connectivity index (χ4n) is 3.17. The number of piperidine rings is 1. The largest absolute Gasteiger partial charge is 0.335 e. The molecule has 1 saturated heterocycles. The summed E-state index contributed by atoms with van der Waals surface area (Å²) in [6.45, 7) is 3.56. The van der Waals surface area contributed by atoms with E-state index in [4.69, 9.17) is 0 Å². The Morgan fingerprint density at radius 2 is 2.33 bits per heavy atom. The van der Waals surface area contributed by atoms with E-state index in [0.29, 0.717) is 18.3 Å². The summed E-state index contributed by atoms with van der Waals surface area (Å²) >= 11 is 1.69. The molecule has 3 aromatic heterocycles.